The maximum absolute atomic E-state index is 12.8. The van der Waals surface area contributed by atoms with Crippen molar-refractivity contribution in [2.24, 2.45) is 0 Å². The zero-order valence-corrected chi connectivity index (χ0v) is 17.4. The Morgan fingerprint density at radius 1 is 1.14 bits per heavy atom. The zero-order chi connectivity index (χ0) is 21.2. The molecule has 9 nitrogen and oxygen atoms in total. The number of nitrogens with zero attached hydrogens (tertiary/aromatic N) is 3. The maximum atomic E-state index is 12.8. The van der Waals surface area contributed by atoms with E-state index in [1.165, 1.54) is 4.90 Å². The van der Waals surface area contributed by atoms with Crippen LogP contribution >= 0.6 is 0 Å². The second kappa shape index (κ2) is 11.1. The predicted octanol–water partition coefficient (Wildman–Crippen LogP) is 2.81. The van der Waals surface area contributed by atoms with Gasteiger partial charge in [0.15, 0.2) is 5.82 Å². The first-order chi connectivity index (χ1) is 13.9. The lowest BCUT2D eigenvalue weighted by Gasteiger charge is -2.26. The largest absolute Gasteiger partial charge is 0.497 e. The minimum absolute atomic E-state index is 0.108. The molecule has 0 radical (unpaired) electrons. The first kappa shape index (κ1) is 22.2. The first-order valence-corrected chi connectivity index (χ1v) is 9.60. The molecule has 9 heteroatoms. The summed E-state index contributed by atoms with van der Waals surface area (Å²) in [6.07, 6.45) is 0. The second-order valence-electron chi connectivity index (χ2n) is 6.48. The number of amides is 3. The van der Waals surface area contributed by atoms with Gasteiger partial charge in [-0.15, -0.1) is 0 Å². The average Bonchev–Trinajstić information content (AvgIpc) is 3.12. The summed E-state index contributed by atoms with van der Waals surface area (Å²) in [4.78, 5) is 28.9. The summed E-state index contributed by atoms with van der Waals surface area (Å²) < 4.78 is 10.1. The molecule has 0 fully saturated rings. The standard InChI is InChI=1S/C20H29N5O4/c1-5-24(6-2)10-11-25(14-19(26)22-18-12-15(3)29-23-18)20(27)21-16-8-7-9-17(13-16)28-4/h7-9,12-13H,5-6,10-11,14H2,1-4H3,(H,21,27)(H,22,23,26). The number of ether oxygens (including phenoxy) is 1. The molecule has 0 aliphatic carbocycles. The average molecular weight is 403 g/mol. The van der Waals surface area contributed by atoms with Gasteiger partial charge in [-0.25, -0.2) is 4.79 Å². The number of hydrogen-bond acceptors (Lipinski definition) is 6. The molecule has 158 valence electrons. The van der Waals surface area contributed by atoms with E-state index in [2.05, 4.69) is 34.5 Å². The topological polar surface area (TPSA) is 99.9 Å². The Labute approximate surface area is 171 Å². The highest BCUT2D eigenvalue weighted by Crippen LogP contribution is 2.17. The van der Waals surface area contributed by atoms with E-state index in [0.29, 0.717) is 36.1 Å². The summed E-state index contributed by atoms with van der Waals surface area (Å²) in [7, 11) is 1.56. The van der Waals surface area contributed by atoms with Crippen LogP contribution < -0.4 is 15.4 Å². The molecule has 2 aromatic rings. The molecule has 0 aliphatic rings. The van der Waals surface area contributed by atoms with Gasteiger partial charge in [-0.05, 0) is 32.1 Å². The SMILES string of the molecule is CCN(CC)CCN(CC(=O)Nc1cc(C)on1)C(=O)Nc1cccc(OC)c1. The fourth-order valence-electron chi connectivity index (χ4n) is 2.74. The molecule has 0 saturated heterocycles. The van der Waals surface area contributed by atoms with E-state index in [9.17, 15) is 9.59 Å². The van der Waals surface area contributed by atoms with Crippen LogP contribution in [0.1, 0.15) is 19.6 Å². The zero-order valence-electron chi connectivity index (χ0n) is 17.4. The van der Waals surface area contributed by atoms with E-state index in [1.807, 2.05) is 0 Å². The third kappa shape index (κ3) is 7.11. The van der Waals surface area contributed by atoms with Crippen LogP contribution in [0.15, 0.2) is 34.9 Å². The summed E-state index contributed by atoms with van der Waals surface area (Å²) in [6, 6.07) is 8.32. The Balaban J connectivity index is 2.05. The smallest absolute Gasteiger partial charge is 0.322 e. The fraction of sp³-hybridized carbons (Fsp3) is 0.450. The van der Waals surface area contributed by atoms with Crippen LogP contribution in [0.3, 0.4) is 0 Å². The molecule has 3 amide bonds. The minimum atomic E-state index is -0.364. The molecule has 2 rings (SSSR count). The van der Waals surface area contributed by atoms with Crippen LogP contribution in [-0.2, 0) is 4.79 Å². The molecule has 29 heavy (non-hydrogen) atoms. The van der Waals surface area contributed by atoms with E-state index < -0.39 is 0 Å². The van der Waals surface area contributed by atoms with Gasteiger partial charge in [0, 0.05) is 30.9 Å². The van der Waals surface area contributed by atoms with Crippen LogP contribution in [0.5, 0.6) is 5.75 Å². The lowest BCUT2D eigenvalue weighted by atomic mass is 10.3. The number of aryl methyl sites for hydroxylation is 1. The normalized spacial score (nSPS) is 10.7. The Hall–Kier alpha value is -3.07. The third-order valence-electron chi connectivity index (χ3n) is 4.42. The number of nitrogens with one attached hydrogen (secondary N) is 2. The Morgan fingerprint density at radius 3 is 2.52 bits per heavy atom. The predicted molar refractivity (Wildman–Crippen MR) is 111 cm³/mol. The second-order valence-corrected chi connectivity index (χ2v) is 6.48. The highest BCUT2D eigenvalue weighted by molar-refractivity contribution is 5.96. The molecule has 1 aromatic heterocycles. The van der Waals surface area contributed by atoms with Crippen LogP contribution in [0.2, 0.25) is 0 Å². The number of methoxy groups -OCH3 is 1. The van der Waals surface area contributed by atoms with Crippen LogP contribution in [0.4, 0.5) is 16.3 Å². The highest BCUT2D eigenvalue weighted by atomic mass is 16.5. The van der Waals surface area contributed by atoms with Gasteiger partial charge in [-0.1, -0.05) is 25.1 Å². The molecule has 0 bridgehead atoms. The van der Waals surface area contributed by atoms with Crippen molar-refractivity contribution in [2.45, 2.75) is 20.8 Å². The summed E-state index contributed by atoms with van der Waals surface area (Å²) in [5, 5.41) is 9.22. The number of likely N-dealkylation sites (N-methyl/N-ethyl adjacent to an activating group) is 1. The molecular weight excluding hydrogens is 374 g/mol. The number of benzene rings is 1. The highest BCUT2D eigenvalue weighted by Gasteiger charge is 2.19. The van der Waals surface area contributed by atoms with Crippen molar-refractivity contribution in [1.82, 2.24) is 15.0 Å². The van der Waals surface area contributed by atoms with Crippen LogP contribution in [0, 0.1) is 6.92 Å². The van der Waals surface area contributed by atoms with Crippen molar-refractivity contribution >= 4 is 23.4 Å². The van der Waals surface area contributed by atoms with E-state index in [4.69, 9.17) is 9.26 Å². The monoisotopic (exact) mass is 403 g/mol. The van der Waals surface area contributed by atoms with Crippen LogP contribution in [0.25, 0.3) is 0 Å². The number of carbonyl (C=O) groups is 2. The number of rotatable bonds is 10. The van der Waals surface area contributed by atoms with Crippen molar-refractivity contribution < 1.29 is 18.8 Å². The Bertz CT molecular complexity index is 804. The van der Waals surface area contributed by atoms with Crippen molar-refractivity contribution in [3.8, 4) is 5.75 Å². The van der Waals surface area contributed by atoms with Crippen molar-refractivity contribution in [3.05, 3.63) is 36.1 Å². The number of urea groups is 1. The van der Waals surface area contributed by atoms with Crippen molar-refractivity contribution in [3.63, 3.8) is 0 Å². The van der Waals surface area contributed by atoms with Crippen LogP contribution in [-0.4, -0.2) is 66.7 Å². The Kier molecular flexibility index (Phi) is 8.47. The molecular formula is C20H29N5O4. The molecule has 0 spiro atoms. The molecule has 2 N–H and O–H groups in total. The van der Waals surface area contributed by atoms with Gasteiger partial charge in [0.05, 0.1) is 7.11 Å². The summed E-state index contributed by atoms with van der Waals surface area (Å²) in [5.74, 6) is 1.20. The summed E-state index contributed by atoms with van der Waals surface area (Å²) in [5.41, 5.74) is 0.592. The molecule has 0 saturated carbocycles. The summed E-state index contributed by atoms with van der Waals surface area (Å²) >= 11 is 0. The molecule has 0 unspecified atom stereocenters. The van der Waals surface area contributed by atoms with E-state index in [1.54, 1.807) is 44.4 Å². The van der Waals surface area contributed by atoms with Gasteiger partial charge in [-0.2, -0.15) is 0 Å². The van der Waals surface area contributed by atoms with Gasteiger partial charge >= 0.3 is 6.03 Å². The number of aromatic nitrogens is 1. The van der Waals surface area contributed by atoms with E-state index >= 15 is 0 Å². The van der Waals surface area contributed by atoms with Gasteiger partial charge in [0.25, 0.3) is 0 Å². The molecule has 1 heterocycles. The third-order valence-corrected chi connectivity index (χ3v) is 4.42. The van der Waals surface area contributed by atoms with Gasteiger partial charge in [0.1, 0.15) is 18.1 Å². The lowest BCUT2D eigenvalue weighted by Crippen LogP contribution is -2.44. The maximum Gasteiger partial charge on any atom is 0.322 e. The number of anilines is 2. The van der Waals surface area contributed by atoms with E-state index in [0.717, 1.165) is 13.1 Å². The molecule has 0 atom stereocenters. The van der Waals surface area contributed by atoms with Gasteiger partial charge < -0.3 is 29.7 Å². The number of hydrogen-bond donors (Lipinski definition) is 2. The summed E-state index contributed by atoms with van der Waals surface area (Å²) in [6.45, 7) is 8.55. The van der Waals surface area contributed by atoms with Gasteiger partial charge in [-0.3, -0.25) is 4.79 Å². The number of carbonyl (C=O) groups excluding carboxylic acids is 2. The molecule has 0 aliphatic heterocycles. The lowest BCUT2D eigenvalue weighted by molar-refractivity contribution is -0.116. The van der Waals surface area contributed by atoms with Gasteiger partial charge in [0.2, 0.25) is 5.91 Å². The van der Waals surface area contributed by atoms with E-state index in [-0.39, 0.29) is 18.5 Å². The minimum Gasteiger partial charge on any atom is -0.497 e. The molecule has 1 aromatic carbocycles. The first-order valence-electron chi connectivity index (χ1n) is 9.60. The van der Waals surface area contributed by atoms with Crippen molar-refractivity contribution in [1.29, 1.82) is 0 Å². The fourth-order valence-corrected chi connectivity index (χ4v) is 2.74. The van der Waals surface area contributed by atoms with Crippen molar-refractivity contribution in [2.75, 3.05) is 50.5 Å². The Morgan fingerprint density at radius 2 is 1.90 bits per heavy atom. The quantitative estimate of drug-likeness (QED) is 0.633.